The van der Waals surface area contributed by atoms with E-state index in [9.17, 15) is 14.4 Å². The van der Waals surface area contributed by atoms with Gasteiger partial charge < -0.3 is 15.8 Å². The normalized spacial score (nSPS) is 11.7. The zero-order chi connectivity index (χ0) is 25.4. The standard InChI is InChI=1S/C26H29ClN4O4/c1-3-35-26(34)23(18-7-5-4-6-8-18)16-31-25(33)22(17(2)14-30-31)12-24(32)29-15-20-11-21(27)10-9-19(20)13-28/h4-11,14,23H,3,12-13,15-16,28H2,1-2H3,(H,29,32). The Morgan fingerprint density at radius 1 is 1.17 bits per heavy atom. The van der Waals surface area contributed by atoms with E-state index in [1.807, 2.05) is 24.3 Å². The van der Waals surface area contributed by atoms with Gasteiger partial charge in [-0.3, -0.25) is 14.4 Å². The van der Waals surface area contributed by atoms with Crippen molar-refractivity contribution in [3.05, 3.63) is 97.9 Å². The molecule has 0 saturated carbocycles. The molecule has 9 heteroatoms. The highest BCUT2D eigenvalue weighted by atomic mass is 35.5. The van der Waals surface area contributed by atoms with Crippen molar-refractivity contribution in [3.8, 4) is 0 Å². The highest BCUT2D eigenvalue weighted by molar-refractivity contribution is 6.30. The number of nitrogens with two attached hydrogens (primary N) is 1. The Morgan fingerprint density at radius 3 is 2.60 bits per heavy atom. The maximum absolute atomic E-state index is 13.2. The lowest BCUT2D eigenvalue weighted by atomic mass is 9.99. The average molecular weight is 497 g/mol. The maximum atomic E-state index is 13.2. The number of carbonyl (C=O) groups excluding carboxylic acids is 2. The predicted molar refractivity (Wildman–Crippen MR) is 134 cm³/mol. The summed E-state index contributed by atoms with van der Waals surface area (Å²) in [7, 11) is 0. The number of hydrogen-bond acceptors (Lipinski definition) is 6. The monoisotopic (exact) mass is 496 g/mol. The Kier molecular flexibility index (Phi) is 9.17. The molecule has 3 aromatic rings. The molecule has 2 aromatic carbocycles. The maximum Gasteiger partial charge on any atom is 0.315 e. The Bertz CT molecular complexity index is 1240. The van der Waals surface area contributed by atoms with Crippen LogP contribution in [0.5, 0.6) is 0 Å². The van der Waals surface area contributed by atoms with Gasteiger partial charge in [-0.05, 0) is 48.2 Å². The number of amides is 1. The van der Waals surface area contributed by atoms with Gasteiger partial charge in [-0.25, -0.2) is 4.68 Å². The molecule has 0 aliphatic heterocycles. The minimum absolute atomic E-state index is 0.00104. The fraction of sp³-hybridized carbons (Fsp3) is 0.308. The summed E-state index contributed by atoms with van der Waals surface area (Å²) in [6.07, 6.45) is 1.40. The number of aromatic nitrogens is 2. The second-order valence-electron chi connectivity index (χ2n) is 8.08. The molecule has 184 valence electrons. The van der Waals surface area contributed by atoms with Gasteiger partial charge in [0.2, 0.25) is 5.91 Å². The first-order valence-electron chi connectivity index (χ1n) is 11.3. The number of hydrogen-bond donors (Lipinski definition) is 2. The molecule has 0 bridgehead atoms. The van der Waals surface area contributed by atoms with E-state index in [1.54, 1.807) is 38.1 Å². The molecule has 0 aliphatic carbocycles. The van der Waals surface area contributed by atoms with Gasteiger partial charge in [0.25, 0.3) is 5.56 Å². The van der Waals surface area contributed by atoms with Crippen LogP contribution in [0.3, 0.4) is 0 Å². The molecule has 0 radical (unpaired) electrons. The summed E-state index contributed by atoms with van der Waals surface area (Å²) in [6, 6.07) is 14.4. The number of nitrogens with zero attached hydrogens (tertiary/aromatic N) is 2. The first-order chi connectivity index (χ1) is 16.8. The molecule has 3 N–H and O–H groups in total. The molecule has 1 unspecified atom stereocenters. The van der Waals surface area contributed by atoms with E-state index < -0.39 is 17.4 Å². The summed E-state index contributed by atoms with van der Waals surface area (Å²) >= 11 is 6.07. The second kappa shape index (κ2) is 12.3. The first-order valence-corrected chi connectivity index (χ1v) is 11.7. The Hall–Kier alpha value is -3.49. The predicted octanol–water partition coefficient (Wildman–Crippen LogP) is 2.87. The second-order valence-corrected chi connectivity index (χ2v) is 8.52. The van der Waals surface area contributed by atoms with E-state index in [0.29, 0.717) is 22.7 Å². The lowest BCUT2D eigenvalue weighted by Gasteiger charge is -2.17. The summed E-state index contributed by atoms with van der Waals surface area (Å²) in [4.78, 5) is 38.6. The molecule has 0 saturated heterocycles. The number of benzene rings is 2. The fourth-order valence-corrected chi connectivity index (χ4v) is 3.94. The van der Waals surface area contributed by atoms with Crippen molar-refractivity contribution < 1.29 is 14.3 Å². The molecular formula is C26H29ClN4O4. The van der Waals surface area contributed by atoms with Crippen LogP contribution in [0.4, 0.5) is 0 Å². The van der Waals surface area contributed by atoms with Crippen LogP contribution in [-0.4, -0.2) is 28.3 Å². The van der Waals surface area contributed by atoms with Crippen LogP contribution in [-0.2, 0) is 40.4 Å². The van der Waals surface area contributed by atoms with Gasteiger partial charge in [-0.2, -0.15) is 5.10 Å². The van der Waals surface area contributed by atoms with E-state index in [4.69, 9.17) is 22.1 Å². The quantitative estimate of drug-likeness (QED) is 0.417. The summed E-state index contributed by atoms with van der Waals surface area (Å²) in [6.45, 7) is 4.24. The number of carbonyl (C=O) groups is 2. The summed E-state index contributed by atoms with van der Waals surface area (Å²) in [5, 5.41) is 7.59. The number of esters is 1. The van der Waals surface area contributed by atoms with E-state index in [2.05, 4.69) is 10.4 Å². The number of halogens is 1. The van der Waals surface area contributed by atoms with Crippen LogP contribution in [0.1, 0.15) is 40.7 Å². The smallest absolute Gasteiger partial charge is 0.315 e. The first kappa shape index (κ1) is 26.1. The van der Waals surface area contributed by atoms with Crippen LogP contribution < -0.4 is 16.6 Å². The fourth-order valence-electron chi connectivity index (χ4n) is 3.75. The minimum Gasteiger partial charge on any atom is -0.465 e. The third-order valence-corrected chi connectivity index (χ3v) is 5.92. The van der Waals surface area contributed by atoms with Crippen LogP contribution in [0.15, 0.2) is 59.5 Å². The van der Waals surface area contributed by atoms with E-state index in [1.165, 1.54) is 10.9 Å². The highest BCUT2D eigenvalue weighted by Crippen LogP contribution is 2.19. The third kappa shape index (κ3) is 6.77. The summed E-state index contributed by atoms with van der Waals surface area (Å²) < 4.78 is 6.44. The molecule has 8 nitrogen and oxygen atoms in total. The van der Waals surface area contributed by atoms with Gasteiger partial charge in [0, 0.05) is 23.7 Å². The van der Waals surface area contributed by atoms with Crippen molar-refractivity contribution in [1.29, 1.82) is 0 Å². The van der Waals surface area contributed by atoms with Crippen molar-refractivity contribution in [2.75, 3.05) is 6.61 Å². The Labute approximate surface area is 209 Å². The van der Waals surface area contributed by atoms with Gasteiger partial charge in [0.15, 0.2) is 0 Å². The van der Waals surface area contributed by atoms with Crippen molar-refractivity contribution in [3.63, 3.8) is 0 Å². The Balaban J connectivity index is 1.79. The van der Waals surface area contributed by atoms with E-state index in [-0.39, 0.29) is 32.0 Å². The summed E-state index contributed by atoms with van der Waals surface area (Å²) in [5.74, 6) is -1.47. The third-order valence-electron chi connectivity index (χ3n) is 5.69. The van der Waals surface area contributed by atoms with E-state index >= 15 is 0 Å². The SMILES string of the molecule is CCOC(=O)C(Cn1ncc(C)c(CC(=O)NCc2cc(Cl)ccc2CN)c1=O)c1ccccc1. The number of aryl methyl sites for hydroxylation is 1. The van der Waals surface area contributed by atoms with Crippen molar-refractivity contribution >= 4 is 23.5 Å². The average Bonchev–Trinajstić information content (AvgIpc) is 2.85. The molecular weight excluding hydrogens is 468 g/mol. The topological polar surface area (TPSA) is 116 Å². The zero-order valence-electron chi connectivity index (χ0n) is 19.8. The summed E-state index contributed by atoms with van der Waals surface area (Å²) in [5.41, 5.74) is 8.68. The van der Waals surface area contributed by atoms with E-state index in [0.717, 1.165) is 16.7 Å². The highest BCUT2D eigenvalue weighted by Gasteiger charge is 2.24. The van der Waals surface area contributed by atoms with Crippen LogP contribution in [0.25, 0.3) is 0 Å². The van der Waals surface area contributed by atoms with Crippen LogP contribution in [0, 0.1) is 6.92 Å². The van der Waals surface area contributed by atoms with Crippen molar-refractivity contribution in [2.24, 2.45) is 5.73 Å². The van der Waals surface area contributed by atoms with Crippen LogP contribution in [0.2, 0.25) is 5.02 Å². The minimum atomic E-state index is -0.705. The number of rotatable bonds is 10. The molecule has 3 rings (SSSR count). The van der Waals surface area contributed by atoms with Gasteiger partial charge in [0.05, 0.1) is 25.8 Å². The molecule has 1 heterocycles. The van der Waals surface area contributed by atoms with Crippen molar-refractivity contribution in [2.45, 2.75) is 45.8 Å². The molecule has 0 spiro atoms. The zero-order valence-corrected chi connectivity index (χ0v) is 20.5. The van der Waals surface area contributed by atoms with Gasteiger partial charge in [-0.1, -0.05) is 48.0 Å². The molecule has 0 aliphatic rings. The lowest BCUT2D eigenvalue weighted by Crippen LogP contribution is -2.34. The molecule has 1 amide bonds. The number of ether oxygens (including phenoxy) is 1. The molecule has 0 fully saturated rings. The number of nitrogens with one attached hydrogen (secondary N) is 1. The molecule has 35 heavy (non-hydrogen) atoms. The lowest BCUT2D eigenvalue weighted by molar-refractivity contribution is -0.145. The largest absolute Gasteiger partial charge is 0.465 e. The van der Waals surface area contributed by atoms with Gasteiger partial charge in [-0.15, -0.1) is 0 Å². The molecule has 1 aromatic heterocycles. The van der Waals surface area contributed by atoms with Gasteiger partial charge >= 0.3 is 5.97 Å². The van der Waals surface area contributed by atoms with Gasteiger partial charge in [0.1, 0.15) is 5.92 Å². The van der Waals surface area contributed by atoms with Crippen LogP contribution >= 0.6 is 11.6 Å². The molecule has 1 atom stereocenters. The van der Waals surface area contributed by atoms with Crippen molar-refractivity contribution in [1.82, 2.24) is 15.1 Å². The Morgan fingerprint density at radius 2 is 1.91 bits per heavy atom.